The Morgan fingerprint density at radius 2 is 2.00 bits per heavy atom. The van der Waals surface area contributed by atoms with E-state index in [1.165, 1.54) is 4.90 Å². The molecule has 4 nitrogen and oxygen atoms in total. The monoisotopic (exact) mass is 245 g/mol. The molecule has 0 aromatic carbocycles. The van der Waals surface area contributed by atoms with Crippen LogP contribution < -0.4 is 0 Å². The summed E-state index contributed by atoms with van der Waals surface area (Å²) in [7, 11) is 0. The first-order valence-electron chi connectivity index (χ1n) is 5.48. The Kier molecular flexibility index (Phi) is 2.89. The molecule has 2 aliphatic rings. The Bertz CT molecular complexity index is 381. The van der Waals surface area contributed by atoms with Gasteiger partial charge in [0.1, 0.15) is 0 Å². The normalized spacial score (nSPS) is 30.8. The number of hydrogen-bond donors (Lipinski definition) is 1. The molecule has 2 rings (SSSR count). The molecule has 1 aliphatic carbocycles. The Balaban J connectivity index is 1.99. The molecule has 1 saturated carbocycles. The molecule has 0 aromatic heterocycles. The van der Waals surface area contributed by atoms with Gasteiger partial charge in [0.15, 0.2) is 0 Å². The average Bonchev–Trinajstić information content (AvgIpc) is 2.77. The molecular formula is C11H13F2NO3. The van der Waals surface area contributed by atoms with Gasteiger partial charge in [0, 0.05) is 37.6 Å². The topological polar surface area (TPSA) is 57.6 Å². The molecule has 6 heteroatoms. The zero-order valence-electron chi connectivity index (χ0n) is 9.10. The Morgan fingerprint density at radius 3 is 2.59 bits per heavy atom. The fraction of sp³-hybridized carbons (Fsp3) is 0.636. The van der Waals surface area contributed by atoms with Gasteiger partial charge in [0.25, 0.3) is 5.92 Å². The van der Waals surface area contributed by atoms with E-state index in [1.54, 1.807) is 0 Å². The van der Waals surface area contributed by atoms with Gasteiger partial charge in [-0.2, -0.15) is 0 Å². The SMILES string of the molecule is O=C(O)/C=C/C(=O)N1C[C@H]2CCC(F)(F)[C@@H]2C1. The molecule has 17 heavy (non-hydrogen) atoms. The first kappa shape index (κ1) is 12.0. The van der Waals surface area contributed by atoms with Crippen LogP contribution in [0.2, 0.25) is 0 Å². The summed E-state index contributed by atoms with van der Waals surface area (Å²) in [5.74, 6) is -5.31. The molecule has 1 N–H and O–H groups in total. The maximum atomic E-state index is 13.4. The number of carbonyl (C=O) groups is 2. The van der Waals surface area contributed by atoms with E-state index in [0.29, 0.717) is 13.0 Å². The second-order valence-electron chi connectivity index (χ2n) is 4.58. The van der Waals surface area contributed by atoms with Gasteiger partial charge in [0.2, 0.25) is 5.91 Å². The summed E-state index contributed by atoms with van der Waals surface area (Å²) in [5, 5.41) is 8.37. The van der Waals surface area contributed by atoms with Crippen LogP contribution in [0.5, 0.6) is 0 Å². The molecule has 1 heterocycles. The number of alkyl halides is 2. The summed E-state index contributed by atoms with van der Waals surface area (Å²) < 4.78 is 26.8. The van der Waals surface area contributed by atoms with Crippen LogP contribution >= 0.6 is 0 Å². The minimum atomic E-state index is -2.68. The second kappa shape index (κ2) is 4.09. The van der Waals surface area contributed by atoms with E-state index in [9.17, 15) is 18.4 Å². The minimum absolute atomic E-state index is 0.0282. The second-order valence-corrected chi connectivity index (χ2v) is 4.58. The highest BCUT2D eigenvalue weighted by Gasteiger charge is 2.54. The van der Waals surface area contributed by atoms with Crippen molar-refractivity contribution >= 4 is 11.9 Å². The molecule has 0 radical (unpaired) electrons. The highest BCUT2D eigenvalue weighted by atomic mass is 19.3. The van der Waals surface area contributed by atoms with Gasteiger partial charge in [-0.1, -0.05) is 0 Å². The first-order valence-corrected chi connectivity index (χ1v) is 5.48. The highest BCUT2D eigenvalue weighted by Crippen LogP contribution is 2.48. The Hall–Kier alpha value is -1.46. The van der Waals surface area contributed by atoms with Crippen LogP contribution in [-0.4, -0.2) is 40.9 Å². The van der Waals surface area contributed by atoms with Crippen LogP contribution in [0.15, 0.2) is 12.2 Å². The summed E-state index contributed by atoms with van der Waals surface area (Å²) in [6, 6.07) is 0. The molecule has 1 saturated heterocycles. The van der Waals surface area contributed by atoms with Crippen LogP contribution in [0.1, 0.15) is 12.8 Å². The summed E-state index contributed by atoms with van der Waals surface area (Å²) in [6.45, 7) is 0.337. The lowest BCUT2D eigenvalue weighted by Crippen LogP contribution is -2.32. The van der Waals surface area contributed by atoms with Crippen molar-refractivity contribution in [1.29, 1.82) is 0 Å². The zero-order valence-corrected chi connectivity index (χ0v) is 9.10. The van der Waals surface area contributed by atoms with Crippen molar-refractivity contribution in [1.82, 2.24) is 4.90 Å². The number of amides is 1. The largest absolute Gasteiger partial charge is 0.478 e. The van der Waals surface area contributed by atoms with Crippen molar-refractivity contribution in [3.63, 3.8) is 0 Å². The van der Waals surface area contributed by atoms with Gasteiger partial charge in [0.05, 0.1) is 0 Å². The van der Waals surface area contributed by atoms with Crippen molar-refractivity contribution in [3.05, 3.63) is 12.2 Å². The number of likely N-dealkylation sites (tertiary alicyclic amines) is 1. The molecule has 2 fully saturated rings. The van der Waals surface area contributed by atoms with Crippen molar-refractivity contribution in [2.45, 2.75) is 18.8 Å². The number of rotatable bonds is 2. The number of aliphatic carboxylic acids is 1. The van der Waals surface area contributed by atoms with Crippen molar-refractivity contribution in [2.75, 3.05) is 13.1 Å². The van der Waals surface area contributed by atoms with E-state index in [2.05, 4.69) is 0 Å². The number of carboxylic acid groups (broad SMARTS) is 1. The van der Waals surface area contributed by atoms with E-state index in [1.807, 2.05) is 0 Å². The standard InChI is InChI=1S/C11H13F2NO3/c12-11(13)4-3-7-5-14(6-8(7)11)9(15)1-2-10(16)17/h1-2,7-8H,3-6H2,(H,16,17)/b2-1+/t7-,8-/m1/s1. The van der Waals surface area contributed by atoms with Gasteiger partial charge < -0.3 is 10.0 Å². The third-order valence-electron chi connectivity index (χ3n) is 3.51. The quantitative estimate of drug-likeness (QED) is 0.742. The molecule has 0 unspecified atom stereocenters. The van der Waals surface area contributed by atoms with Gasteiger partial charge in [-0.15, -0.1) is 0 Å². The van der Waals surface area contributed by atoms with Crippen LogP contribution in [0.3, 0.4) is 0 Å². The Labute approximate surface area is 96.9 Å². The first-order chi connectivity index (χ1) is 7.90. The predicted molar refractivity (Wildman–Crippen MR) is 54.5 cm³/mol. The number of carbonyl (C=O) groups excluding carboxylic acids is 1. The van der Waals surface area contributed by atoms with E-state index < -0.39 is 23.7 Å². The van der Waals surface area contributed by atoms with Crippen molar-refractivity contribution < 1.29 is 23.5 Å². The Morgan fingerprint density at radius 1 is 1.29 bits per heavy atom. The third kappa shape index (κ3) is 2.30. The molecule has 0 spiro atoms. The average molecular weight is 245 g/mol. The minimum Gasteiger partial charge on any atom is -0.478 e. The van der Waals surface area contributed by atoms with Gasteiger partial charge in [-0.3, -0.25) is 4.79 Å². The van der Waals surface area contributed by atoms with Gasteiger partial charge >= 0.3 is 5.97 Å². The maximum absolute atomic E-state index is 13.4. The number of carboxylic acids is 1. The smallest absolute Gasteiger partial charge is 0.328 e. The van der Waals surface area contributed by atoms with Gasteiger partial charge in [-0.05, 0) is 12.3 Å². The van der Waals surface area contributed by atoms with Crippen LogP contribution in [0.25, 0.3) is 0 Å². The van der Waals surface area contributed by atoms with Crippen LogP contribution in [0.4, 0.5) is 8.78 Å². The molecule has 0 aromatic rings. The van der Waals surface area contributed by atoms with Gasteiger partial charge in [-0.25, -0.2) is 13.6 Å². The zero-order chi connectivity index (χ0) is 12.6. The lowest BCUT2D eigenvalue weighted by Gasteiger charge is -2.19. The van der Waals surface area contributed by atoms with E-state index in [0.717, 1.165) is 12.2 Å². The molecule has 94 valence electrons. The third-order valence-corrected chi connectivity index (χ3v) is 3.51. The fourth-order valence-electron chi connectivity index (χ4n) is 2.63. The highest BCUT2D eigenvalue weighted by molar-refractivity contribution is 5.94. The number of hydrogen-bond acceptors (Lipinski definition) is 2. The van der Waals surface area contributed by atoms with Crippen LogP contribution in [-0.2, 0) is 9.59 Å². The number of halogens is 2. The van der Waals surface area contributed by atoms with E-state index >= 15 is 0 Å². The number of fused-ring (bicyclic) bond motifs is 1. The lowest BCUT2D eigenvalue weighted by molar-refractivity contribution is -0.132. The number of nitrogens with zero attached hydrogens (tertiary/aromatic N) is 1. The fourth-order valence-corrected chi connectivity index (χ4v) is 2.63. The predicted octanol–water partition coefficient (Wildman–Crippen LogP) is 1.13. The molecule has 1 amide bonds. The maximum Gasteiger partial charge on any atom is 0.328 e. The molecular weight excluding hydrogens is 232 g/mol. The molecule has 1 aliphatic heterocycles. The molecule has 0 bridgehead atoms. The summed E-state index contributed by atoms with van der Waals surface area (Å²) in [4.78, 5) is 23.1. The summed E-state index contributed by atoms with van der Waals surface area (Å²) >= 11 is 0. The van der Waals surface area contributed by atoms with Crippen molar-refractivity contribution in [2.24, 2.45) is 11.8 Å². The van der Waals surface area contributed by atoms with E-state index in [4.69, 9.17) is 5.11 Å². The summed E-state index contributed by atoms with van der Waals surface area (Å²) in [5.41, 5.74) is 0. The molecule has 2 atom stereocenters. The van der Waals surface area contributed by atoms with Crippen LogP contribution in [0, 0.1) is 11.8 Å². The van der Waals surface area contributed by atoms with E-state index in [-0.39, 0.29) is 18.9 Å². The summed E-state index contributed by atoms with van der Waals surface area (Å²) in [6.07, 6.45) is 1.98. The lowest BCUT2D eigenvalue weighted by atomic mass is 9.99. The van der Waals surface area contributed by atoms with Crippen molar-refractivity contribution in [3.8, 4) is 0 Å².